The third kappa shape index (κ3) is 4.27. The summed E-state index contributed by atoms with van der Waals surface area (Å²) >= 11 is 4.77. The molecular formula is C17H10BrN3O7S. The van der Waals surface area contributed by atoms with Crippen molar-refractivity contribution in [2.45, 2.75) is 6.61 Å². The molecule has 0 saturated carbocycles. The summed E-state index contributed by atoms with van der Waals surface area (Å²) in [4.78, 5) is 23.4. The summed E-state index contributed by atoms with van der Waals surface area (Å²) in [5.74, 6) is 0.359. The van der Waals surface area contributed by atoms with E-state index in [2.05, 4.69) is 26.1 Å². The van der Waals surface area contributed by atoms with Gasteiger partial charge in [-0.3, -0.25) is 10.1 Å². The first kappa shape index (κ1) is 19.1. The molecule has 10 nitrogen and oxygen atoms in total. The first-order valence-electron chi connectivity index (χ1n) is 8.00. The molecule has 0 unspecified atom stereocenters. The number of nitro benzene ring substituents is 1. The van der Waals surface area contributed by atoms with Gasteiger partial charge < -0.3 is 18.6 Å². The largest absolute Gasteiger partial charge is 0.454 e. The summed E-state index contributed by atoms with van der Waals surface area (Å²) in [6.45, 7) is -0.248. The predicted molar refractivity (Wildman–Crippen MR) is 103 cm³/mol. The van der Waals surface area contributed by atoms with Crippen LogP contribution >= 0.6 is 27.3 Å². The molecule has 1 aromatic carbocycles. The maximum atomic E-state index is 12.0. The highest BCUT2D eigenvalue weighted by Gasteiger charge is 2.22. The lowest BCUT2D eigenvalue weighted by Gasteiger charge is -2.01. The van der Waals surface area contributed by atoms with Gasteiger partial charge in [-0.15, -0.1) is 21.5 Å². The van der Waals surface area contributed by atoms with Crippen molar-refractivity contribution in [3.63, 3.8) is 0 Å². The normalized spacial score (nSPS) is 12.4. The van der Waals surface area contributed by atoms with Gasteiger partial charge in [0.15, 0.2) is 18.1 Å². The first-order chi connectivity index (χ1) is 14.0. The van der Waals surface area contributed by atoms with Crippen LogP contribution in [0.15, 0.2) is 38.5 Å². The number of aromatic nitrogens is 2. The average Bonchev–Trinajstić information content (AvgIpc) is 3.43. The number of nitro groups is 1. The first-order valence-corrected chi connectivity index (χ1v) is 9.61. The molecule has 2 aromatic heterocycles. The number of hydrogen-bond acceptors (Lipinski definition) is 10. The molecule has 0 fully saturated rings. The molecule has 0 spiro atoms. The Balaban J connectivity index is 1.41. The number of esters is 1. The molecular weight excluding hydrogens is 470 g/mol. The summed E-state index contributed by atoms with van der Waals surface area (Å²) in [7, 11) is 0. The van der Waals surface area contributed by atoms with Crippen molar-refractivity contribution in [1.82, 2.24) is 10.2 Å². The second-order valence-corrected chi connectivity index (χ2v) is 8.03. The van der Waals surface area contributed by atoms with Crippen LogP contribution in [0.25, 0.3) is 16.8 Å². The fourth-order valence-electron chi connectivity index (χ4n) is 2.42. The van der Waals surface area contributed by atoms with Gasteiger partial charge in [0.25, 0.3) is 17.5 Å². The van der Waals surface area contributed by atoms with E-state index < -0.39 is 10.9 Å². The topological polar surface area (TPSA) is 127 Å². The Kier molecular flexibility index (Phi) is 5.27. The van der Waals surface area contributed by atoms with Crippen molar-refractivity contribution >= 4 is 45.0 Å². The number of thiophene rings is 1. The monoisotopic (exact) mass is 479 g/mol. The molecule has 0 amide bonds. The van der Waals surface area contributed by atoms with Gasteiger partial charge in [-0.05, 0) is 40.2 Å². The van der Waals surface area contributed by atoms with E-state index in [9.17, 15) is 14.9 Å². The summed E-state index contributed by atoms with van der Waals surface area (Å²) in [6, 6.07) is 6.34. The molecule has 3 aromatic rings. The van der Waals surface area contributed by atoms with Gasteiger partial charge in [0, 0.05) is 6.08 Å². The molecule has 4 rings (SSSR count). The zero-order valence-corrected chi connectivity index (χ0v) is 16.8. The molecule has 3 heterocycles. The lowest BCUT2D eigenvalue weighted by Crippen LogP contribution is -2.01. The standard InChI is InChI=1S/C17H10BrN3O7S/c18-14-3-2-13(29-14)17-20-19-15(28-17)7-25-16(22)4-1-9-5-11-12(27-8-26-11)6-10(9)21(23)24/h1-6H,7-8H2/b4-1+. The number of ether oxygens (including phenoxy) is 3. The van der Waals surface area contributed by atoms with E-state index in [1.54, 1.807) is 0 Å². The lowest BCUT2D eigenvalue weighted by molar-refractivity contribution is -0.385. The Morgan fingerprint density at radius 3 is 2.83 bits per heavy atom. The molecule has 29 heavy (non-hydrogen) atoms. The van der Waals surface area contributed by atoms with Crippen molar-refractivity contribution in [3.8, 4) is 22.3 Å². The van der Waals surface area contributed by atoms with Gasteiger partial charge in [-0.25, -0.2) is 4.79 Å². The minimum absolute atomic E-state index is 0.0176. The SMILES string of the molecule is O=C(/C=C/c1cc2c(cc1[N+](=O)[O-])OCO2)OCc1nnc(-c2ccc(Br)s2)o1. The van der Waals surface area contributed by atoms with Gasteiger partial charge >= 0.3 is 5.97 Å². The van der Waals surface area contributed by atoms with Crippen molar-refractivity contribution in [2.24, 2.45) is 0 Å². The maximum absolute atomic E-state index is 12.0. The Bertz CT molecular complexity index is 1120. The Labute approximate surface area is 175 Å². The van der Waals surface area contributed by atoms with Crippen LogP contribution < -0.4 is 9.47 Å². The van der Waals surface area contributed by atoms with Gasteiger partial charge in [0.1, 0.15) is 0 Å². The minimum Gasteiger partial charge on any atom is -0.454 e. The van der Waals surface area contributed by atoms with Crippen molar-refractivity contribution < 1.29 is 28.3 Å². The number of benzene rings is 1. The molecule has 0 N–H and O–H groups in total. The fraction of sp³-hybridized carbons (Fsp3) is 0.118. The van der Waals surface area contributed by atoms with E-state index in [-0.39, 0.29) is 36.3 Å². The van der Waals surface area contributed by atoms with Crippen molar-refractivity contribution in [1.29, 1.82) is 0 Å². The zero-order chi connectivity index (χ0) is 20.4. The van der Waals surface area contributed by atoms with E-state index in [0.29, 0.717) is 11.6 Å². The number of carbonyl (C=O) groups excluding carboxylic acids is 1. The molecule has 1 aliphatic heterocycles. The van der Waals surface area contributed by atoms with E-state index >= 15 is 0 Å². The molecule has 148 valence electrons. The molecule has 0 aliphatic carbocycles. The fourth-order valence-corrected chi connectivity index (χ4v) is 3.73. The Morgan fingerprint density at radius 2 is 2.10 bits per heavy atom. The van der Waals surface area contributed by atoms with Crippen LogP contribution in [0.3, 0.4) is 0 Å². The van der Waals surface area contributed by atoms with Crippen LogP contribution in [-0.4, -0.2) is 27.9 Å². The van der Waals surface area contributed by atoms with E-state index in [0.717, 1.165) is 14.7 Å². The van der Waals surface area contributed by atoms with Gasteiger partial charge in [0.05, 0.1) is 25.2 Å². The predicted octanol–water partition coefficient (Wildman–Crippen LogP) is 3.95. The second kappa shape index (κ2) is 8.01. The number of halogens is 1. The number of nitrogens with zero attached hydrogens (tertiary/aromatic N) is 3. The van der Waals surface area contributed by atoms with Crippen LogP contribution in [0.5, 0.6) is 11.5 Å². The highest BCUT2D eigenvalue weighted by molar-refractivity contribution is 9.11. The van der Waals surface area contributed by atoms with Crippen molar-refractivity contribution in [3.05, 3.63) is 55.7 Å². The molecule has 0 bridgehead atoms. The Morgan fingerprint density at radius 1 is 1.31 bits per heavy atom. The quantitative estimate of drug-likeness (QED) is 0.223. The van der Waals surface area contributed by atoms with Gasteiger partial charge in [-0.1, -0.05) is 0 Å². The highest BCUT2D eigenvalue weighted by atomic mass is 79.9. The smallest absolute Gasteiger partial charge is 0.331 e. The van der Waals surface area contributed by atoms with Crippen LogP contribution in [0, 0.1) is 10.1 Å². The highest BCUT2D eigenvalue weighted by Crippen LogP contribution is 2.38. The number of hydrogen-bond donors (Lipinski definition) is 0. The lowest BCUT2D eigenvalue weighted by atomic mass is 10.1. The summed E-state index contributed by atoms with van der Waals surface area (Å²) in [5.41, 5.74) is -0.0403. The van der Waals surface area contributed by atoms with Gasteiger partial charge in [-0.2, -0.15) is 0 Å². The van der Waals surface area contributed by atoms with Crippen molar-refractivity contribution in [2.75, 3.05) is 6.79 Å². The number of rotatable bonds is 6. The zero-order valence-electron chi connectivity index (χ0n) is 14.4. The van der Waals surface area contributed by atoms with E-state index in [1.807, 2.05) is 12.1 Å². The summed E-state index contributed by atoms with van der Waals surface area (Å²) in [5, 5.41) is 18.9. The third-order valence-electron chi connectivity index (χ3n) is 3.71. The molecule has 0 radical (unpaired) electrons. The van der Waals surface area contributed by atoms with Crippen LogP contribution in [0.4, 0.5) is 5.69 Å². The van der Waals surface area contributed by atoms with Gasteiger partial charge in [0.2, 0.25) is 6.79 Å². The third-order valence-corrected chi connectivity index (χ3v) is 5.32. The minimum atomic E-state index is -0.726. The van der Waals surface area contributed by atoms with Crippen LogP contribution in [-0.2, 0) is 16.1 Å². The van der Waals surface area contributed by atoms with Crippen LogP contribution in [0.2, 0.25) is 0 Å². The van der Waals surface area contributed by atoms with Crippen LogP contribution in [0.1, 0.15) is 11.5 Å². The summed E-state index contributed by atoms with van der Waals surface area (Å²) < 4.78 is 21.7. The number of carbonyl (C=O) groups is 1. The molecule has 1 aliphatic rings. The second-order valence-electron chi connectivity index (χ2n) is 5.57. The van der Waals surface area contributed by atoms with E-state index in [1.165, 1.54) is 29.5 Å². The molecule has 0 atom stereocenters. The maximum Gasteiger partial charge on any atom is 0.331 e. The average molecular weight is 480 g/mol. The van der Waals surface area contributed by atoms with E-state index in [4.69, 9.17) is 18.6 Å². The molecule has 12 heteroatoms. The number of fused-ring (bicyclic) bond motifs is 1. The Hall–Kier alpha value is -3.25. The summed E-state index contributed by atoms with van der Waals surface area (Å²) in [6.07, 6.45) is 2.34. The molecule has 0 saturated heterocycles.